The highest BCUT2D eigenvalue weighted by molar-refractivity contribution is 7.14. The second-order valence-corrected chi connectivity index (χ2v) is 5.50. The van der Waals surface area contributed by atoms with Gasteiger partial charge in [0, 0.05) is 20.0 Å². The molecule has 5 nitrogen and oxygen atoms in total. The van der Waals surface area contributed by atoms with Gasteiger partial charge in [0.15, 0.2) is 0 Å². The summed E-state index contributed by atoms with van der Waals surface area (Å²) in [4.78, 5) is 26.2. The molecule has 6 heteroatoms. The van der Waals surface area contributed by atoms with Gasteiger partial charge in [-0.25, -0.2) is 0 Å². The van der Waals surface area contributed by atoms with Crippen LogP contribution in [0.2, 0.25) is 0 Å². The van der Waals surface area contributed by atoms with Crippen LogP contribution in [0, 0.1) is 18.8 Å². The molecule has 0 radical (unpaired) electrons. The fourth-order valence-electron chi connectivity index (χ4n) is 1.56. The van der Waals surface area contributed by atoms with E-state index in [0.717, 1.165) is 10.4 Å². The monoisotopic (exact) mass is 309 g/mol. The van der Waals surface area contributed by atoms with Gasteiger partial charge in [0.2, 0.25) is 0 Å². The molecule has 1 aromatic heterocycles. The number of esters is 1. The topological polar surface area (TPSA) is 66.8 Å². The van der Waals surface area contributed by atoms with E-state index >= 15 is 0 Å². The van der Waals surface area contributed by atoms with Crippen molar-refractivity contribution in [2.45, 2.75) is 19.8 Å². The first-order chi connectivity index (χ1) is 9.99. The lowest BCUT2D eigenvalue weighted by molar-refractivity contribution is -0.140. The number of thiophene rings is 1. The molecule has 0 bridgehead atoms. The maximum Gasteiger partial charge on any atom is 0.307 e. The molecule has 0 aliphatic rings. The SMILES string of the molecule is COC(=O)CCN(C)C(=O)c1cc(C)c(C#CCCO)s1. The zero-order valence-electron chi connectivity index (χ0n) is 12.4. The first kappa shape index (κ1) is 17.2. The number of amides is 1. The van der Waals surface area contributed by atoms with E-state index in [9.17, 15) is 9.59 Å². The van der Waals surface area contributed by atoms with E-state index in [0.29, 0.717) is 17.8 Å². The third-order valence-corrected chi connectivity index (χ3v) is 3.93. The molecule has 21 heavy (non-hydrogen) atoms. The van der Waals surface area contributed by atoms with Crippen LogP contribution >= 0.6 is 11.3 Å². The van der Waals surface area contributed by atoms with E-state index in [4.69, 9.17) is 5.11 Å². The van der Waals surface area contributed by atoms with Gasteiger partial charge in [-0.2, -0.15) is 0 Å². The molecule has 0 saturated heterocycles. The van der Waals surface area contributed by atoms with Crippen LogP contribution in [0.3, 0.4) is 0 Å². The van der Waals surface area contributed by atoms with Crippen LogP contribution in [0.1, 0.15) is 33.0 Å². The van der Waals surface area contributed by atoms with E-state index in [1.165, 1.54) is 23.3 Å². The van der Waals surface area contributed by atoms with Crippen LogP contribution in [0.5, 0.6) is 0 Å². The Morgan fingerprint density at radius 2 is 2.19 bits per heavy atom. The van der Waals surface area contributed by atoms with Crippen molar-refractivity contribution in [1.29, 1.82) is 0 Å². The van der Waals surface area contributed by atoms with Gasteiger partial charge >= 0.3 is 5.97 Å². The molecule has 0 spiro atoms. The number of nitrogens with zero attached hydrogens (tertiary/aromatic N) is 1. The molecule has 0 fully saturated rings. The average Bonchev–Trinajstić information content (AvgIpc) is 2.85. The third kappa shape index (κ3) is 5.21. The molecule has 1 amide bonds. The van der Waals surface area contributed by atoms with Crippen LogP contribution in [0.25, 0.3) is 0 Å². The molecule has 0 aromatic carbocycles. The van der Waals surface area contributed by atoms with Crippen molar-refractivity contribution >= 4 is 23.2 Å². The fourth-order valence-corrected chi connectivity index (χ4v) is 2.60. The summed E-state index contributed by atoms with van der Waals surface area (Å²) in [7, 11) is 2.97. The zero-order chi connectivity index (χ0) is 15.8. The minimum absolute atomic E-state index is 0.0273. The number of hydrogen-bond donors (Lipinski definition) is 1. The van der Waals surface area contributed by atoms with Crippen molar-refractivity contribution in [3.05, 3.63) is 21.4 Å². The van der Waals surface area contributed by atoms with E-state index in [-0.39, 0.29) is 24.9 Å². The normalized spacial score (nSPS) is 9.71. The summed E-state index contributed by atoms with van der Waals surface area (Å²) < 4.78 is 4.55. The summed E-state index contributed by atoms with van der Waals surface area (Å²) in [5.74, 6) is 5.32. The van der Waals surface area contributed by atoms with Gasteiger partial charge in [0.1, 0.15) is 0 Å². The fraction of sp³-hybridized carbons (Fsp3) is 0.467. The van der Waals surface area contributed by atoms with Gasteiger partial charge in [-0.15, -0.1) is 11.3 Å². The quantitative estimate of drug-likeness (QED) is 0.660. The second-order valence-electron chi connectivity index (χ2n) is 4.45. The zero-order valence-corrected chi connectivity index (χ0v) is 13.2. The van der Waals surface area contributed by atoms with Gasteiger partial charge in [-0.05, 0) is 18.6 Å². The van der Waals surface area contributed by atoms with Crippen molar-refractivity contribution < 1.29 is 19.4 Å². The minimum Gasteiger partial charge on any atom is -0.469 e. The molecule has 1 heterocycles. The van der Waals surface area contributed by atoms with Crippen molar-refractivity contribution in [1.82, 2.24) is 4.90 Å². The smallest absolute Gasteiger partial charge is 0.307 e. The Hall–Kier alpha value is -1.84. The lowest BCUT2D eigenvalue weighted by atomic mass is 10.2. The van der Waals surface area contributed by atoms with Crippen LogP contribution < -0.4 is 0 Å². The predicted octanol–water partition coefficient (Wildman–Crippen LogP) is 1.43. The lowest BCUT2D eigenvalue weighted by Crippen LogP contribution is -2.28. The number of hydrogen-bond acceptors (Lipinski definition) is 5. The van der Waals surface area contributed by atoms with Gasteiger partial charge in [0.05, 0.1) is 29.9 Å². The Kier molecular flexibility index (Phi) is 6.92. The first-order valence-corrected chi connectivity index (χ1v) is 7.33. The number of aryl methyl sites for hydroxylation is 1. The van der Waals surface area contributed by atoms with E-state index < -0.39 is 0 Å². The van der Waals surface area contributed by atoms with Crippen LogP contribution in [-0.2, 0) is 9.53 Å². The Morgan fingerprint density at radius 1 is 1.48 bits per heavy atom. The molecule has 1 N–H and O–H groups in total. The van der Waals surface area contributed by atoms with Crippen molar-refractivity contribution in [2.75, 3.05) is 27.3 Å². The number of aliphatic hydroxyl groups excluding tert-OH is 1. The largest absolute Gasteiger partial charge is 0.469 e. The molecular formula is C15H19NO4S. The van der Waals surface area contributed by atoms with Crippen LogP contribution in [0.4, 0.5) is 0 Å². The van der Waals surface area contributed by atoms with Crippen LogP contribution in [0.15, 0.2) is 6.07 Å². The lowest BCUT2D eigenvalue weighted by Gasteiger charge is -2.15. The maximum atomic E-state index is 12.2. The summed E-state index contributed by atoms with van der Waals surface area (Å²) in [6.07, 6.45) is 0.589. The van der Waals surface area contributed by atoms with E-state index in [2.05, 4.69) is 16.6 Å². The summed E-state index contributed by atoms with van der Waals surface area (Å²) in [6.45, 7) is 2.23. The number of aliphatic hydroxyl groups is 1. The highest BCUT2D eigenvalue weighted by atomic mass is 32.1. The number of rotatable bonds is 5. The van der Waals surface area contributed by atoms with Crippen molar-refractivity contribution in [3.8, 4) is 11.8 Å². The molecule has 0 atom stereocenters. The van der Waals surface area contributed by atoms with Crippen molar-refractivity contribution in [2.24, 2.45) is 0 Å². The van der Waals surface area contributed by atoms with Crippen LogP contribution in [-0.4, -0.2) is 49.2 Å². The molecule has 0 aliphatic heterocycles. The molecule has 114 valence electrons. The highest BCUT2D eigenvalue weighted by Gasteiger charge is 2.16. The maximum absolute atomic E-state index is 12.2. The second kappa shape index (κ2) is 8.45. The Bertz CT molecular complexity index is 568. The standard InChI is InChI=1S/C15H19NO4S/c1-11-10-13(21-12(11)6-4-5-9-17)15(19)16(2)8-7-14(18)20-3/h10,17H,5,7-9H2,1-3H3. The number of carbonyl (C=O) groups is 2. The van der Waals surface area contributed by atoms with Gasteiger partial charge in [0.25, 0.3) is 5.91 Å². The summed E-state index contributed by atoms with van der Waals surface area (Å²) in [5.41, 5.74) is 0.940. The molecule has 0 saturated carbocycles. The Labute approximate surface area is 128 Å². The highest BCUT2D eigenvalue weighted by Crippen LogP contribution is 2.22. The molecular weight excluding hydrogens is 290 g/mol. The van der Waals surface area contributed by atoms with Gasteiger partial charge in [-0.1, -0.05) is 11.8 Å². The summed E-state index contributed by atoms with van der Waals surface area (Å²) in [6, 6.07) is 1.80. The summed E-state index contributed by atoms with van der Waals surface area (Å²) in [5, 5.41) is 8.71. The number of carbonyl (C=O) groups excluding carboxylic acids is 2. The third-order valence-electron chi connectivity index (χ3n) is 2.79. The number of ether oxygens (including phenoxy) is 1. The molecule has 0 unspecified atom stereocenters. The molecule has 1 rings (SSSR count). The van der Waals surface area contributed by atoms with E-state index in [1.807, 2.05) is 6.92 Å². The number of methoxy groups -OCH3 is 1. The van der Waals surface area contributed by atoms with Gasteiger partial charge < -0.3 is 14.7 Å². The Morgan fingerprint density at radius 3 is 2.81 bits per heavy atom. The molecule has 0 aliphatic carbocycles. The first-order valence-electron chi connectivity index (χ1n) is 6.52. The van der Waals surface area contributed by atoms with Gasteiger partial charge in [-0.3, -0.25) is 9.59 Å². The average molecular weight is 309 g/mol. The minimum atomic E-state index is -0.340. The van der Waals surface area contributed by atoms with Crippen molar-refractivity contribution in [3.63, 3.8) is 0 Å². The predicted molar refractivity (Wildman–Crippen MR) is 81.2 cm³/mol. The molecule has 1 aromatic rings. The Balaban J connectivity index is 2.73. The summed E-state index contributed by atoms with van der Waals surface area (Å²) >= 11 is 1.32. The van der Waals surface area contributed by atoms with E-state index in [1.54, 1.807) is 13.1 Å².